The topological polar surface area (TPSA) is 114 Å². The Bertz CT molecular complexity index is 1300. The van der Waals surface area contributed by atoms with E-state index in [0.29, 0.717) is 0 Å². The monoisotopic (exact) mass is 536 g/mol. The van der Waals surface area contributed by atoms with E-state index < -0.39 is 18.8 Å². The molecule has 2 N–H and O–H groups in total. The van der Waals surface area contributed by atoms with Crippen molar-refractivity contribution in [1.29, 1.82) is 10.5 Å². The van der Waals surface area contributed by atoms with Crippen molar-refractivity contribution >= 4 is 28.5 Å². The maximum Gasteiger partial charge on any atom is 0.488 e. The van der Waals surface area contributed by atoms with E-state index >= 15 is 0 Å². The van der Waals surface area contributed by atoms with E-state index in [4.69, 9.17) is 20.6 Å². The third kappa shape index (κ3) is 9.44. The number of hydrogen-bond acceptors (Lipinski definition) is 6. The minimum absolute atomic E-state index is 0. The second kappa shape index (κ2) is 15.0. The predicted molar refractivity (Wildman–Crippen MR) is 134 cm³/mol. The van der Waals surface area contributed by atoms with Gasteiger partial charge >= 0.3 is 7.12 Å². The van der Waals surface area contributed by atoms with Crippen LogP contribution in [0.4, 0.5) is 8.78 Å². The van der Waals surface area contributed by atoms with Crippen LogP contribution in [0.1, 0.15) is 18.6 Å². The summed E-state index contributed by atoms with van der Waals surface area (Å²) >= 11 is 3.25. The summed E-state index contributed by atoms with van der Waals surface area (Å²) in [4.78, 5) is 7.78. The molecule has 2 aromatic carbocycles. The molecule has 0 aliphatic heterocycles. The van der Waals surface area contributed by atoms with Gasteiger partial charge in [-0.1, -0.05) is 25.6 Å². The van der Waals surface area contributed by atoms with E-state index in [2.05, 4.69) is 25.9 Å². The van der Waals surface area contributed by atoms with Crippen molar-refractivity contribution in [3.05, 3.63) is 113 Å². The Kier molecular flexibility index (Phi) is 12.5. The average Bonchev–Trinajstić information content (AvgIpc) is 2.85. The lowest BCUT2D eigenvalue weighted by atomic mass is 9.80. The fourth-order valence-electron chi connectivity index (χ4n) is 2.44. The quantitative estimate of drug-likeness (QED) is 0.361. The lowest BCUT2D eigenvalue weighted by molar-refractivity contribution is 0.425. The summed E-state index contributed by atoms with van der Waals surface area (Å²) in [7, 11) is -1.70. The molecule has 0 aliphatic carbocycles. The Morgan fingerprint density at radius 1 is 0.771 bits per heavy atom. The zero-order valence-corrected chi connectivity index (χ0v) is 19.1. The molecule has 0 saturated heterocycles. The van der Waals surface area contributed by atoms with Gasteiger partial charge in [-0.3, -0.25) is 9.97 Å². The zero-order chi connectivity index (χ0) is 24.9. The molecular weight excluding hydrogens is 517 g/mol. The Hall–Kier alpha value is -3.96. The maximum atomic E-state index is 13.3. The van der Waals surface area contributed by atoms with Crippen LogP contribution in [0.3, 0.4) is 0 Å². The molecule has 0 fully saturated rings. The average molecular weight is 537 g/mol. The summed E-state index contributed by atoms with van der Waals surface area (Å²) in [5, 5.41) is 34.1. The number of nitriles is 2. The zero-order valence-electron chi connectivity index (χ0n) is 17.5. The van der Waals surface area contributed by atoms with Crippen LogP contribution in [-0.2, 0) is 0 Å². The van der Waals surface area contributed by atoms with Gasteiger partial charge in [0.25, 0.3) is 0 Å². The molecule has 10 heteroatoms. The minimum atomic E-state index is -1.70. The first-order valence-corrected chi connectivity index (χ1v) is 10.4. The molecule has 2 aromatic heterocycles. The molecule has 2 heterocycles. The molecule has 0 atom stereocenters. The molecule has 0 bridgehead atoms. The van der Waals surface area contributed by atoms with Crippen molar-refractivity contribution < 1.29 is 18.8 Å². The molecule has 4 aromatic rings. The molecular formula is C25H20BBrF2N4O2. The lowest BCUT2D eigenvalue weighted by Crippen LogP contribution is -2.30. The van der Waals surface area contributed by atoms with E-state index in [1.165, 1.54) is 24.3 Å². The van der Waals surface area contributed by atoms with Crippen LogP contribution in [0, 0.1) is 34.3 Å². The van der Waals surface area contributed by atoms with Crippen molar-refractivity contribution in [3.8, 4) is 23.3 Å². The fraction of sp³-hybridized carbons (Fsp3) is 0.0400. The van der Waals surface area contributed by atoms with Crippen LogP contribution in [-0.4, -0.2) is 27.1 Å². The first-order valence-electron chi connectivity index (χ1n) is 9.57. The van der Waals surface area contributed by atoms with E-state index in [0.717, 1.165) is 21.7 Å². The summed E-state index contributed by atoms with van der Waals surface area (Å²) in [6.07, 6.45) is 6.80. The molecule has 0 saturated carbocycles. The summed E-state index contributed by atoms with van der Waals surface area (Å²) in [6.45, 7) is 0. The molecule has 0 unspecified atom stereocenters. The van der Waals surface area contributed by atoms with Crippen LogP contribution in [0.2, 0.25) is 0 Å². The van der Waals surface area contributed by atoms with E-state index in [1.807, 2.05) is 18.2 Å². The normalized spacial score (nSPS) is 9.00. The second-order valence-corrected chi connectivity index (χ2v) is 7.36. The molecule has 176 valence electrons. The van der Waals surface area contributed by atoms with Gasteiger partial charge in [0, 0.05) is 34.8 Å². The molecule has 0 amide bonds. The Morgan fingerprint density at radius 3 is 1.74 bits per heavy atom. The van der Waals surface area contributed by atoms with E-state index in [9.17, 15) is 8.78 Å². The van der Waals surface area contributed by atoms with Crippen LogP contribution in [0.5, 0.6) is 0 Å². The van der Waals surface area contributed by atoms with E-state index in [-0.39, 0.29) is 24.0 Å². The molecule has 4 rings (SSSR count). The Morgan fingerprint density at radius 2 is 1.34 bits per heavy atom. The van der Waals surface area contributed by atoms with Crippen molar-refractivity contribution in [2.45, 2.75) is 7.43 Å². The third-order valence-corrected chi connectivity index (χ3v) is 4.59. The van der Waals surface area contributed by atoms with Crippen LogP contribution < -0.4 is 5.46 Å². The third-order valence-electron chi connectivity index (χ3n) is 4.12. The largest absolute Gasteiger partial charge is 0.488 e. The van der Waals surface area contributed by atoms with Gasteiger partial charge in [0.15, 0.2) is 0 Å². The lowest BCUT2D eigenvalue weighted by Gasteiger charge is -2.01. The predicted octanol–water partition coefficient (Wildman–Crippen LogP) is 4.62. The van der Waals surface area contributed by atoms with Crippen molar-refractivity contribution in [3.63, 3.8) is 0 Å². The number of benzene rings is 2. The molecule has 6 nitrogen and oxygen atoms in total. The fourth-order valence-corrected chi connectivity index (χ4v) is 2.71. The smallest absolute Gasteiger partial charge is 0.423 e. The highest BCUT2D eigenvalue weighted by Crippen LogP contribution is 2.20. The van der Waals surface area contributed by atoms with Crippen molar-refractivity contribution in [2.75, 3.05) is 0 Å². The van der Waals surface area contributed by atoms with Gasteiger partial charge < -0.3 is 10.0 Å². The van der Waals surface area contributed by atoms with Gasteiger partial charge in [0.05, 0.1) is 11.1 Å². The van der Waals surface area contributed by atoms with Crippen LogP contribution >= 0.6 is 15.9 Å². The Balaban J connectivity index is 0.000000275. The number of halogens is 3. The van der Waals surface area contributed by atoms with Gasteiger partial charge in [-0.15, -0.1) is 0 Å². The highest BCUT2D eigenvalue weighted by atomic mass is 79.9. The summed E-state index contributed by atoms with van der Waals surface area (Å²) in [5.41, 5.74) is 1.54. The van der Waals surface area contributed by atoms with Gasteiger partial charge in [-0.2, -0.15) is 10.5 Å². The highest BCUT2D eigenvalue weighted by Gasteiger charge is 2.12. The van der Waals surface area contributed by atoms with E-state index in [1.54, 1.807) is 49.1 Å². The summed E-state index contributed by atoms with van der Waals surface area (Å²) < 4.78 is 27.1. The summed E-state index contributed by atoms with van der Waals surface area (Å²) in [5.74, 6) is -1.25. The second-order valence-electron chi connectivity index (χ2n) is 6.44. The molecule has 35 heavy (non-hydrogen) atoms. The number of aromatic nitrogens is 2. The van der Waals surface area contributed by atoms with Gasteiger partial charge in [-0.25, -0.2) is 8.78 Å². The summed E-state index contributed by atoms with van der Waals surface area (Å²) in [6, 6.07) is 18.8. The van der Waals surface area contributed by atoms with Gasteiger partial charge in [0.1, 0.15) is 23.8 Å². The van der Waals surface area contributed by atoms with Crippen LogP contribution in [0.25, 0.3) is 11.1 Å². The van der Waals surface area contributed by atoms with Crippen molar-refractivity contribution in [1.82, 2.24) is 9.97 Å². The first kappa shape index (κ1) is 29.1. The number of rotatable bonds is 2. The number of nitrogens with zero attached hydrogens (tertiary/aromatic N) is 4. The van der Waals surface area contributed by atoms with Crippen LogP contribution in [0.15, 0.2) is 89.9 Å². The SMILES string of the molecule is Brc1cccnc1.C.N#Cc1ccc(-c2cccnc2)cc1F.N#Cc1ccc(B(O)O)cc1F. The minimum Gasteiger partial charge on any atom is -0.423 e. The molecule has 0 aliphatic rings. The van der Waals surface area contributed by atoms with Crippen molar-refractivity contribution in [2.24, 2.45) is 0 Å². The first-order chi connectivity index (χ1) is 16.3. The van der Waals surface area contributed by atoms with Gasteiger partial charge in [0.2, 0.25) is 0 Å². The van der Waals surface area contributed by atoms with Gasteiger partial charge in [-0.05, 0) is 69.4 Å². The highest BCUT2D eigenvalue weighted by molar-refractivity contribution is 9.10. The molecule has 0 radical (unpaired) electrons. The number of pyridine rings is 2. The molecule has 0 spiro atoms. The standard InChI is InChI=1S/C12H7FN2.C7H5BFNO2.C5H4BrN.CH4/c13-12-6-9(3-4-10(12)7-14)11-2-1-5-15-8-11;9-7-3-6(8(11)12)2-1-5(7)4-10;6-5-2-1-3-7-4-5;/h1-6,8H;1-3,11-12H;1-4H;1H4. The number of hydrogen-bond donors (Lipinski definition) is 2. The Labute approximate surface area is 211 Å². The maximum absolute atomic E-state index is 13.3.